The number of nitrogens with zero attached hydrogens (tertiary/aromatic N) is 5. The molecule has 34 heavy (non-hydrogen) atoms. The Morgan fingerprint density at radius 1 is 1.00 bits per heavy atom. The standard InChI is InChI=1S/C27H36N6O/c1-20(2)32-12-8-25(9-13-32)30-27(34)33-26-7-6-22(15-24(26)18-29-33)23-14-21(16-28-17-23)19-31-10-4-3-5-11-31/h6-7,14-18,20,25H,3-5,8-13,19H2,1-2H3,(H,30,34). The molecule has 2 aromatic heterocycles. The average molecular weight is 461 g/mol. The number of likely N-dealkylation sites (tertiary alicyclic amines) is 2. The highest BCUT2D eigenvalue weighted by Gasteiger charge is 2.23. The van der Waals surface area contributed by atoms with Gasteiger partial charge in [-0.2, -0.15) is 9.78 Å². The van der Waals surface area contributed by atoms with Crippen LogP contribution in [0.4, 0.5) is 4.79 Å². The summed E-state index contributed by atoms with van der Waals surface area (Å²) in [4.78, 5) is 22.4. The highest BCUT2D eigenvalue weighted by molar-refractivity contribution is 5.92. The van der Waals surface area contributed by atoms with Crippen LogP contribution in [0.25, 0.3) is 22.0 Å². The lowest BCUT2D eigenvalue weighted by atomic mass is 10.0. The second kappa shape index (κ2) is 10.2. The first-order chi connectivity index (χ1) is 16.6. The van der Waals surface area contributed by atoms with Crippen LogP contribution in [0.1, 0.15) is 51.5 Å². The minimum atomic E-state index is -0.143. The molecule has 1 N–H and O–H groups in total. The predicted octanol–water partition coefficient (Wildman–Crippen LogP) is 4.51. The van der Waals surface area contributed by atoms with Crippen molar-refractivity contribution in [3.8, 4) is 11.1 Å². The molecule has 1 aromatic carbocycles. The molecule has 0 bridgehead atoms. The number of amides is 1. The summed E-state index contributed by atoms with van der Waals surface area (Å²) in [5, 5.41) is 8.55. The maximum atomic E-state index is 13.0. The third-order valence-electron chi connectivity index (χ3n) is 7.33. The Hall–Kier alpha value is -2.77. The summed E-state index contributed by atoms with van der Waals surface area (Å²) >= 11 is 0. The highest BCUT2D eigenvalue weighted by Crippen LogP contribution is 2.25. The molecule has 5 rings (SSSR count). The van der Waals surface area contributed by atoms with Crippen molar-refractivity contribution in [1.29, 1.82) is 0 Å². The Morgan fingerprint density at radius 3 is 2.56 bits per heavy atom. The lowest BCUT2D eigenvalue weighted by Gasteiger charge is -2.34. The summed E-state index contributed by atoms with van der Waals surface area (Å²) in [6.45, 7) is 9.81. The van der Waals surface area contributed by atoms with Crippen LogP contribution >= 0.6 is 0 Å². The molecule has 7 heteroatoms. The van der Waals surface area contributed by atoms with Crippen molar-refractivity contribution in [2.45, 2.75) is 64.6 Å². The normalized spacial score (nSPS) is 18.6. The van der Waals surface area contributed by atoms with Gasteiger partial charge >= 0.3 is 6.03 Å². The number of fused-ring (bicyclic) bond motifs is 1. The number of aromatic nitrogens is 3. The van der Waals surface area contributed by atoms with Crippen molar-refractivity contribution in [2.75, 3.05) is 26.2 Å². The van der Waals surface area contributed by atoms with Gasteiger partial charge in [0.05, 0.1) is 11.7 Å². The minimum Gasteiger partial charge on any atom is -0.333 e. The van der Waals surface area contributed by atoms with Crippen LogP contribution in [0.2, 0.25) is 0 Å². The summed E-state index contributed by atoms with van der Waals surface area (Å²) in [6, 6.07) is 9.03. The molecule has 180 valence electrons. The molecule has 2 saturated heterocycles. The number of benzene rings is 1. The van der Waals surface area contributed by atoms with Gasteiger partial charge in [0, 0.05) is 55.1 Å². The molecule has 3 aromatic rings. The van der Waals surface area contributed by atoms with Crippen LogP contribution in [0.5, 0.6) is 0 Å². The monoisotopic (exact) mass is 460 g/mol. The molecule has 0 saturated carbocycles. The number of carbonyl (C=O) groups is 1. The van der Waals surface area contributed by atoms with Gasteiger partial charge in [0.15, 0.2) is 0 Å². The van der Waals surface area contributed by atoms with Crippen molar-refractivity contribution in [1.82, 2.24) is 29.9 Å². The van der Waals surface area contributed by atoms with Gasteiger partial charge in [-0.25, -0.2) is 4.79 Å². The Labute approximate surface area is 202 Å². The van der Waals surface area contributed by atoms with Gasteiger partial charge in [0.1, 0.15) is 0 Å². The number of nitrogens with one attached hydrogen (secondary N) is 1. The summed E-state index contributed by atoms with van der Waals surface area (Å²) in [5.74, 6) is 0. The maximum Gasteiger partial charge on any atom is 0.342 e. The molecular formula is C27H36N6O. The molecule has 0 aliphatic carbocycles. The van der Waals surface area contributed by atoms with E-state index in [2.05, 4.69) is 57.2 Å². The molecular weight excluding hydrogens is 424 g/mol. The highest BCUT2D eigenvalue weighted by atomic mass is 16.2. The molecule has 2 aliphatic heterocycles. The summed E-state index contributed by atoms with van der Waals surface area (Å²) in [5.41, 5.74) is 4.28. The first-order valence-electron chi connectivity index (χ1n) is 12.8. The Morgan fingerprint density at radius 2 is 1.79 bits per heavy atom. The van der Waals surface area contributed by atoms with Crippen LogP contribution in [-0.4, -0.2) is 68.9 Å². The third kappa shape index (κ3) is 5.15. The van der Waals surface area contributed by atoms with E-state index >= 15 is 0 Å². The first-order valence-corrected chi connectivity index (χ1v) is 12.8. The van der Waals surface area contributed by atoms with Crippen LogP contribution < -0.4 is 5.32 Å². The van der Waals surface area contributed by atoms with Crippen molar-refractivity contribution < 1.29 is 4.79 Å². The van der Waals surface area contributed by atoms with Gasteiger partial charge in [0.25, 0.3) is 0 Å². The van der Waals surface area contributed by atoms with Gasteiger partial charge in [-0.15, -0.1) is 0 Å². The van der Waals surface area contributed by atoms with Gasteiger partial charge in [-0.3, -0.25) is 9.88 Å². The van der Waals surface area contributed by atoms with E-state index in [4.69, 9.17) is 0 Å². The molecule has 4 heterocycles. The van der Waals surface area contributed by atoms with E-state index in [1.165, 1.54) is 42.6 Å². The largest absolute Gasteiger partial charge is 0.342 e. The van der Waals surface area contributed by atoms with E-state index in [1.54, 1.807) is 6.20 Å². The quantitative estimate of drug-likeness (QED) is 0.607. The first kappa shape index (κ1) is 23.0. The molecule has 2 fully saturated rings. The molecule has 2 aliphatic rings. The van der Waals surface area contributed by atoms with E-state index < -0.39 is 0 Å². The zero-order valence-corrected chi connectivity index (χ0v) is 20.4. The van der Waals surface area contributed by atoms with Crippen LogP contribution in [0.3, 0.4) is 0 Å². The topological polar surface area (TPSA) is 66.3 Å². The molecule has 7 nitrogen and oxygen atoms in total. The minimum absolute atomic E-state index is 0.143. The number of rotatable bonds is 5. The second-order valence-corrected chi connectivity index (χ2v) is 10.1. The van der Waals surface area contributed by atoms with Gasteiger partial charge in [0.2, 0.25) is 0 Å². The Balaban J connectivity index is 1.27. The van der Waals surface area contributed by atoms with Gasteiger partial charge < -0.3 is 10.2 Å². The number of piperidine rings is 2. The van der Waals surface area contributed by atoms with Crippen molar-refractivity contribution in [3.05, 3.63) is 48.4 Å². The number of pyridine rings is 1. The van der Waals surface area contributed by atoms with Gasteiger partial charge in [-0.1, -0.05) is 12.5 Å². The fourth-order valence-electron chi connectivity index (χ4n) is 5.28. The summed E-state index contributed by atoms with van der Waals surface area (Å²) < 4.78 is 1.50. The van der Waals surface area contributed by atoms with Gasteiger partial charge in [-0.05, 0) is 81.9 Å². The average Bonchev–Trinajstić information content (AvgIpc) is 3.29. The smallest absolute Gasteiger partial charge is 0.333 e. The van der Waals surface area contributed by atoms with Crippen LogP contribution in [0, 0.1) is 0 Å². The zero-order valence-electron chi connectivity index (χ0n) is 20.4. The fraction of sp³-hybridized carbons (Fsp3) is 0.519. The molecule has 0 atom stereocenters. The molecule has 0 radical (unpaired) electrons. The van der Waals surface area contributed by atoms with Crippen molar-refractivity contribution >= 4 is 16.9 Å². The van der Waals surface area contributed by atoms with E-state index in [9.17, 15) is 4.79 Å². The zero-order chi connectivity index (χ0) is 23.5. The van der Waals surface area contributed by atoms with E-state index in [-0.39, 0.29) is 12.1 Å². The van der Waals surface area contributed by atoms with Crippen molar-refractivity contribution in [3.63, 3.8) is 0 Å². The Bertz CT molecular complexity index is 1130. The fourth-order valence-corrected chi connectivity index (χ4v) is 5.28. The number of carbonyl (C=O) groups excluding carboxylic acids is 1. The lowest BCUT2D eigenvalue weighted by Crippen LogP contribution is -2.47. The van der Waals surface area contributed by atoms with Crippen LogP contribution in [0.15, 0.2) is 42.9 Å². The molecule has 0 spiro atoms. The van der Waals surface area contributed by atoms with Crippen LogP contribution in [-0.2, 0) is 6.54 Å². The van der Waals surface area contributed by atoms with Crippen molar-refractivity contribution in [2.24, 2.45) is 0 Å². The maximum absolute atomic E-state index is 13.0. The van der Waals surface area contributed by atoms with E-state index in [0.29, 0.717) is 6.04 Å². The predicted molar refractivity (Wildman–Crippen MR) is 136 cm³/mol. The molecule has 0 unspecified atom stereocenters. The summed E-state index contributed by atoms with van der Waals surface area (Å²) in [7, 11) is 0. The Kier molecular flexibility index (Phi) is 6.92. The second-order valence-electron chi connectivity index (χ2n) is 10.1. The number of hydrogen-bond donors (Lipinski definition) is 1. The SMILES string of the molecule is CC(C)N1CCC(NC(=O)n2ncc3cc(-c4cncc(CN5CCCCC5)c4)ccc32)CC1. The molecule has 1 amide bonds. The number of hydrogen-bond acceptors (Lipinski definition) is 5. The third-order valence-corrected chi connectivity index (χ3v) is 7.33. The lowest BCUT2D eigenvalue weighted by molar-refractivity contribution is 0.161. The van der Waals surface area contributed by atoms with E-state index in [1.807, 2.05) is 18.5 Å². The van der Waals surface area contributed by atoms with E-state index in [0.717, 1.165) is 54.5 Å². The summed E-state index contributed by atoms with van der Waals surface area (Å²) in [6.07, 6.45) is 11.6.